The van der Waals surface area contributed by atoms with Gasteiger partial charge in [0.05, 0.1) is 0 Å². The molecule has 0 aromatic heterocycles. The molecule has 1 aliphatic carbocycles. The van der Waals surface area contributed by atoms with E-state index < -0.39 is 0 Å². The van der Waals surface area contributed by atoms with Crippen LogP contribution in [0, 0.1) is 11.3 Å². The summed E-state index contributed by atoms with van der Waals surface area (Å²) in [6.07, 6.45) is 10.5. The molecule has 2 aliphatic rings. The summed E-state index contributed by atoms with van der Waals surface area (Å²) in [5, 5.41) is 0.594. The Morgan fingerprint density at radius 2 is 2.31 bits per heavy atom. The fourth-order valence-electron chi connectivity index (χ4n) is 1.73. The molecule has 68 valence electrons. The van der Waals surface area contributed by atoms with Gasteiger partial charge in [0.15, 0.2) is 0 Å². The highest BCUT2D eigenvalue weighted by molar-refractivity contribution is 6.30. The average Bonchev–Trinajstić information content (AvgIpc) is 2.06. The molecule has 0 aromatic rings. The van der Waals surface area contributed by atoms with Crippen molar-refractivity contribution < 1.29 is 0 Å². The van der Waals surface area contributed by atoms with Crippen LogP contribution in [0.5, 0.6) is 0 Å². The lowest BCUT2D eigenvalue weighted by atomic mass is 9.73. The first-order valence-corrected chi connectivity index (χ1v) is 4.78. The van der Waals surface area contributed by atoms with E-state index in [0.29, 0.717) is 11.1 Å². The molecule has 2 atom stereocenters. The van der Waals surface area contributed by atoms with E-state index in [2.05, 4.69) is 37.1 Å². The van der Waals surface area contributed by atoms with E-state index >= 15 is 0 Å². The van der Waals surface area contributed by atoms with E-state index in [1.54, 1.807) is 0 Å². The predicted octanol–water partition coefficient (Wildman–Crippen LogP) is 3.29. The van der Waals surface area contributed by atoms with Crippen LogP contribution >= 0.6 is 11.6 Å². The molecule has 0 spiro atoms. The lowest BCUT2D eigenvalue weighted by Crippen LogP contribution is -2.27. The van der Waals surface area contributed by atoms with Gasteiger partial charge >= 0.3 is 0 Å². The first kappa shape index (κ1) is 8.76. The van der Waals surface area contributed by atoms with Gasteiger partial charge < -0.3 is 0 Å². The molecule has 0 saturated carbocycles. The van der Waals surface area contributed by atoms with Crippen LogP contribution in [0.15, 0.2) is 40.0 Å². The van der Waals surface area contributed by atoms with Gasteiger partial charge in [-0.25, -0.2) is 4.99 Å². The summed E-state index contributed by atoms with van der Waals surface area (Å²) < 4.78 is 0. The minimum Gasteiger partial charge on any atom is -0.249 e. The Morgan fingerprint density at radius 3 is 3.08 bits per heavy atom. The maximum atomic E-state index is 5.87. The highest BCUT2D eigenvalue weighted by atomic mass is 35.5. The first-order chi connectivity index (χ1) is 6.10. The first-order valence-electron chi connectivity index (χ1n) is 4.40. The van der Waals surface area contributed by atoms with Gasteiger partial charge in [0.25, 0.3) is 0 Å². The van der Waals surface area contributed by atoms with E-state index in [4.69, 9.17) is 11.6 Å². The number of rotatable bonds is 0. The highest BCUT2D eigenvalue weighted by Gasteiger charge is 2.31. The van der Waals surface area contributed by atoms with Crippen molar-refractivity contribution in [3.63, 3.8) is 0 Å². The molecule has 0 N–H and O–H groups in total. The number of aliphatic imine (C=N–C) groups is 1. The molecule has 2 heteroatoms. The minimum absolute atomic E-state index is 0.0261. The van der Waals surface area contributed by atoms with Crippen LogP contribution in [-0.2, 0) is 0 Å². The molecule has 0 saturated heterocycles. The van der Waals surface area contributed by atoms with Crippen molar-refractivity contribution in [2.24, 2.45) is 16.3 Å². The Balaban J connectivity index is 2.41. The zero-order chi connectivity index (χ0) is 9.47. The number of allylic oxidation sites excluding steroid dienone is 5. The molecule has 2 rings (SSSR count). The molecule has 0 bridgehead atoms. The Bertz CT molecular complexity index is 349. The molecule has 0 fully saturated rings. The van der Waals surface area contributed by atoms with E-state index in [1.165, 1.54) is 5.57 Å². The highest BCUT2D eigenvalue weighted by Crippen LogP contribution is 2.39. The van der Waals surface area contributed by atoms with Gasteiger partial charge in [-0.1, -0.05) is 42.3 Å². The second kappa shape index (κ2) is 2.85. The van der Waals surface area contributed by atoms with Crippen LogP contribution in [0.25, 0.3) is 0 Å². The van der Waals surface area contributed by atoms with Gasteiger partial charge in [-0.3, -0.25) is 0 Å². The van der Waals surface area contributed by atoms with E-state index in [1.807, 2.05) is 12.3 Å². The molecular formula is C11H12ClN. The summed E-state index contributed by atoms with van der Waals surface area (Å²) in [5.74, 6) is 0.361. The van der Waals surface area contributed by atoms with Crippen LogP contribution < -0.4 is 0 Å². The standard InChI is InChI=1S/C11H12ClN/c1-8-3-4-11(2)6-10(12)13-7-9(11)5-8/h3-7,9H,1-2H3. The van der Waals surface area contributed by atoms with Gasteiger partial charge in [0.1, 0.15) is 5.16 Å². The number of nitrogens with zero attached hydrogens (tertiary/aromatic N) is 1. The summed E-state index contributed by atoms with van der Waals surface area (Å²) in [7, 11) is 0. The maximum absolute atomic E-state index is 5.87. The normalized spacial score (nSPS) is 36.7. The van der Waals surface area contributed by atoms with E-state index in [-0.39, 0.29) is 5.41 Å². The summed E-state index contributed by atoms with van der Waals surface area (Å²) >= 11 is 5.87. The molecule has 13 heavy (non-hydrogen) atoms. The third-order valence-corrected chi connectivity index (χ3v) is 2.86. The Hall–Kier alpha value is -0.820. The number of hydrogen-bond acceptors (Lipinski definition) is 1. The Morgan fingerprint density at radius 1 is 1.54 bits per heavy atom. The average molecular weight is 194 g/mol. The third kappa shape index (κ3) is 1.49. The number of fused-ring (bicyclic) bond motifs is 1. The third-order valence-electron chi connectivity index (χ3n) is 2.65. The second-order valence-corrected chi connectivity index (χ2v) is 4.27. The minimum atomic E-state index is 0.0261. The van der Waals surface area contributed by atoms with Crippen LogP contribution in [0.3, 0.4) is 0 Å². The number of halogens is 1. The molecular weight excluding hydrogens is 182 g/mol. The molecule has 0 aromatic carbocycles. The summed E-state index contributed by atoms with van der Waals surface area (Å²) in [5.41, 5.74) is 1.32. The SMILES string of the molecule is CC1=CC2C=NC(Cl)=CC2(C)C=C1. The summed E-state index contributed by atoms with van der Waals surface area (Å²) in [6.45, 7) is 4.27. The quantitative estimate of drug-likeness (QED) is 0.524. The van der Waals surface area contributed by atoms with Crippen LogP contribution in [-0.4, -0.2) is 6.21 Å². The second-order valence-electron chi connectivity index (χ2n) is 3.88. The van der Waals surface area contributed by atoms with Gasteiger partial charge in [-0.15, -0.1) is 0 Å². The van der Waals surface area contributed by atoms with Crippen molar-refractivity contribution in [3.8, 4) is 0 Å². The van der Waals surface area contributed by atoms with E-state index in [9.17, 15) is 0 Å². The fraction of sp³-hybridized carbons (Fsp3) is 0.364. The predicted molar refractivity (Wildman–Crippen MR) is 56.9 cm³/mol. The van der Waals surface area contributed by atoms with Crippen molar-refractivity contribution in [1.29, 1.82) is 0 Å². The van der Waals surface area contributed by atoms with Gasteiger partial charge in [-0.2, -0.15) is 0 Å². The summed E-state index contributed by atoms with van der Waals surface area (Å²) in [6, 6.07) is 0. The van der Waals surface area contributed by atoms with Crippen molar-refractivity contribution in [1.82, 2.24) is 0 Å². The zero-order valence-electron chi connectivity index (χ0n) is 7.79. The molecule has 0 amide bonds. The fourth-order valence-corrected chi connectivity index (χ4v) is 2.03. The monoisotopic (exact) mass is 193 g/mol. The van der Waals surface area contributed by atoms with Gasteiger partial charge in [0, 0.05) is 17.5 Å². The molecule has 2 unspecified atom stereocenters. The Kier molecular flexibility index (Phi) is 1.92. The van der Waals surface area contributed by atoms with Crippen molar-refractivity contribution in [2.45, 2.75) is 13.8 Å². The smallest absolute Gasteiger partial charge is 0.125 e. The van der Waals surface area contributed by atoms with Crippen molar-refractivity contribution in [3.05, 3.63) is 35.0 Å². The molecule has 1 nitrogen and oxygen atoms in total. The van der Waals surface area contributed by atoms with Gasteiger partial charge in [0.2, 0.25) is 0 Å². The zero-order valence-corrected chi connectivity index (χ0v) is 8.55. The van der Waals surface area contributed by atoms with Crippen LogP contribution in [0.2, 0.25) is 0 Å². The molecule has 1 heterocycles. The lowest BCUT2D eigenvalue weighted by Gasteiger charge is -2.33. The Labute approximate surface area is 83.5 Å². The van der Waals surface area contributed by atoms with Crippen LogP contribution in [0.1, 0.15) is 13.8 Å². The number of hydrogen-bond donors (Lipinski definition) is 0. The summed E-state index contributed by atoms with van der Waals surface area (Å²) in [4.78, 5) is 4.12. The van der Waals surface area contributed by atoms with Gasteiger partial charge in [-0.05, 0) is 13.0 Å². The van der Waals surface area contributed by atoms with Crippen LogP contribution in [0.4, 0.5) is 0 Å². The molecule has 1 aliphatic heterocycles. The van der Waals surface area contributed by atoms with E-state index in [0.717, 1.165) is 0 Å². The largest absolute Gasteiger partial charge is 0.249 e. The molecule has 0 radical (unpaired) electrons. The maximum Gasteiger partial charge on any atom is 0.125 e. The lowest BCUT2D eigenvalue weighted by molar-refractivity contribution is 0.476. The van der Waals surface area contributed by atoms with Crippen molar-refractivity contribution >= 4 is 17.8 Å². The van der Waals surface area contributed by atoms with Crippen molar-refractivity contribution in [2.75, 3.05) is 0 Å². The topological polar surface area (TPSA) is 12.4 Å².